The molecule has 0 spiro atoms. The Kier molecular flexibility index (Phi) is 7.05. The van der Waals surface area contributed by atoms with Crippen LogP contribution in [0, 0.1) is 10.1 Å². The summed E-state index contributed by atoms with van der Waals surface area (Å²) in [6.07, 6.45) is -3.48. The Bertz CT molecular complexity index is 1340. The molecule has 0 amide bonds. The van der Waals surface area contributed by atoms with Crippen molar-refractivity contribution in [3.8, 4) is 5.75 Å². The van der Waals surface area contributed by atoms with Crippen molar-refractivity contribution in [1.29, 1.82) is 0 Å². The van der Waals surface area contributed by atoms with Crippen molar-refractivity contribution < 1.29 is 31.2 Å². The highest BCUT2D eigenvalue weighted by atomic mass is 32.2. The molecular formula is C21H17F3N4O5S. The van der Waals surface area contributed by atoms with E-state index in [0.29, 0.717) is 0 Å². The van der Waals surface area contributed by atoms with Gasteiger partial charge in [-0.1, -0.05) is 24.3 Å². The normalized spacial score (nSPS) is 11.9. The summed E-state index contributed by atoms with van der Waals surface area (Å²) in [5, 5.41) is 15.0. The molecule has 0 saturated carbocycles. The summed E-state index contributed by atoms with van der Waals surface area (Å²) in [6.45, 7) is 0. The molecule has 0 heterocycles. The van der Waals surface area contributed by atoms with Gasteiger partial charge in [0.1, 0.15) is 10.6 Å². The Morgan fingerprint density at radius 2 is 1.76 bits per heavy atom. The lowest BCUT2D eigenvalue weighted by Crippen LogP contribution is -2.15. The smallest absolute Gasteiger partial charge is 0.416 e. The first-order valence-electron chi connectivity index (χ1n) is 9.42. The van der Waals surface area contributed by atoms with Crippen molar-refractivity contribution in [2.24, 2.45) is 5.10 Å². The van der Waals surface area contributed by atoms with Crippen molar-refractivity contribution in [3.05, 3.63) is 88.0 Å². The van der Waals surface area contributed by atoms with Gasteiger partial charge in [-0.25, -0.2) is 8.42 Å². The fourth-order valence-corrected chi connectivity index (χ4v) is 4.09. The number of hydrogen-bond donors (Lipinski definition) is 2. The highest BCUT2D eigenvalue weighted by Gasteiger charge is 2.30. The van der Waals surface area contributed by atoms with E-state index in [1.807, 2.05) is 0 Å². The molecule has 0 aliphatic carbocycles. The van der Waals surface area contributed by atoms with Crippen LogP contribution in [0.4, 0.5) is 30.2 Å². The van der Waals surface area contributed by atoms with Crippen molar-refractivity contribution in [1.82, 2.24) is 0 Å². The number of alkyl halides is 3. The van der Waals surface area contributed by atoms with Gasteiger partial charge in [-0.15, -0.1) is 0 Å². The van der Waals surface area contributed by atoms with Crippen molar-refractivity contribution in [3.63, 3.8) is 0 Å². The van der Waals surface area contributed by atoms with Crippen LogP contribution in [0.3, 0.4) is 0 Å². The van der Waals surface area contributed by atoms with Gasteiger partial charge in [0.2, 0.25) is 0 Å². The van der Waals surface area contributed by atoms with Gasteiger partial charge in [0, 0.05) is 12.1 Å². The van der Waals surface area contributed by atoms with Crippen molar-refractivity contribution in [2.75, 3.05) is 17.3 Å². The summed E-state index contributed by atoms with van der Waals surface area (Å²) >= 11 is 0. The molecule has 0 aromatic heterocycles. The number of anilines is 2. The molecule has 0 radical (unpaired) electrons. The summed E-state index contributed by atoms with van der Waals surface area (Å²) in [4.78, 5) is 9.92. The Morgan fingerprint density at radius 3 is 2.44 bits per heavy atom. The summed E-state index contributed by atoms with van der Waals surface area (Å²) in [7, 11) is -3.03. The van der Waals surface area contributed by atoms with E-state index in [9.17, 15) is 31.7 Å². The number of hydrogen-bond acceptors (Lipinski definition) is 7. The zero-order valence-electron chi connectivity index (χ0n) is 17.4. The van der Waals surface area contributed by atoms with Crippen LogP contribution in [0.5, 0.6) is 5.75 Å². The topological polar surface area (TPSA) is 123 Å². The molecule has 0 fully saturated rings. The van der Waals surface area contributed by atoms with E-state index >= 15 is 0 Å². The van der Waals surface area contributed by atoms with E-state index < -0.39 is 37.3 Å². The van der Waals surface area contributed by atoms with E-state index in [-0.39, 0.29) is 22.7 Å². The third-order valence-corrected chi connectivity index (χ3v) is 5.83. The van der Waals surface area contributed by atoms with Crippen LogP contribution in [0.2, 0.25) is 0 Å². The fourth-order valence-electron chi connectivity index (χ4n) is 2.84. The number of methoxy groups -OCH3 is 1. The van der Waals surface area contributed by atoms with Gasteiger partial charge in [-0.3, -0.25) is 20.3 Å². The van der Waals surface area contributed by atoms with Gasteiger partial charge in [0.15, 0.2) is 0 Å². The molecule has 0 aliphatic heterocycles. The van der Waals surface area contributed by atoms with Crippen LogP contribution < -0.4 is 14.9 Å². The number of nitrogens with zero attached hydrogens (tertiary/aromatic N) is 2. The molecule has 178 valence electrons. The lowest BCUT2D eigenvalue weighted by atomic mass is 10.1. The number of halogens is 3. The summed E-state index contributed by atoms with van der Waals surface area (Å²) < 4.78 is 72.1. The van der Waals surface area contributed by atoms with Crippen LogP contribution in [-0.4, -0.2) is 26.7 Å². The van der Waals surface area contributed by atoms with Crippen LogP contribution in [0.15, 0.2) is 76.7 Å². The summed E-state index contributed by atoms with van der Waals surface area (Å²) in [5.74, 6) is 0.216. The number of ether oxygens (including phenoxy) is 1. The van der Waals surface area contributed by atoms with Gasteiger partial charge in [-0.2, -0.15) is 18.3 Å². The molecule has 0 unspecified atom stereocenters. The molecule has 0 saturated heterocycles. The Hall–Kier alpha value is -4.13. The number of non-ortho nitro benzene ring substituents is 1. The molecule has 0 bridgehead atoms. The third-order valence-electron chi connectivity index (χ3n) is 4.43. The van der Waals surface area contributed by atoms with Crippen LogP contribution in [0.25, 0.3) is 0 Å². The highest BCUT2D eigenvalue weighted by molar-refractivity contribution is 7.93. The van der Waals surface area contributed by atoms with E-state index in [1.165, 1.54) is 31.4 Å². The molecule has 3 aromatic carbocycles. The highest BCUT2D eigenvalue weighted by Crippen LogP contribution is 2.32. The average Bonchev–Trinajstić information content (AvgIpc) is 2.79. The monoisotopic (exact) mass is 494 g/mol. The molecule has 34 heavy (non-hydrogen) atoms. The SMILES string of the molecule is COc1ccccc1NS(=O)(=O)c1cc([N+](=O)[O-])ccc1NN=Cc1cccc(C(F)(F)F)c1. The zero-order chi connectivity index (χ0) is 24.9. The van der Waals surface area contributed by atoms with Gasteiger partial charge in [-0.05, 0) is 35.9 Å². The second-order valence-corrected chi connectivity index (χ2v) is 8.39. The predicted molar refractivity (Wildman–Crippen MR) is 120 cm³/mol. The molecule has 0 aliphatic rings. The van der Waals surface area contributed by atoms with E-state index in [0.717, 1.165) is 36.5 Å². The van der Waals surface area contributed by atoms with Gasteiger partial charge < -0.3 is 4.74 Å². The predicted octanol–water partition coefficient (Wildman–Crippen LogP) is 4.87. The number of nitro groups is 1. The summed E-state index contributed by atoms with van der Waals surface area (Å²) in [5.41, 5.74) is 1.10. The lowest BCUT2D eigenvalue weighted by Gasteiger charge is -2.14. The number of rotatable bonds is 8. The molecular weight excluding hydrogens is 477 g/mol. The minimum atomic E-state index is -4.54. The van der Waals surface area contributed by atoms with Crippen molar-refractivity contribution in [2.45, 2.75) is 11.1 Å². The lowest BCUT2D eigenvalue weighted by molar-refractivity contribution is -0.385. The minimum Gasteiger partial charge on any atom is -0.495 e. The first kappa shape index (κ1) is 24.5. The maximum absolute atomic E-state index is 13.0. The van der Waals surface area contributed by atoms with E-state index in [1.54, 1.807) is 12.1 Å². The largest absolute Gasteiger partial charge is 0.495 e. The summed E-state index contributed by atoms with van der Waals surface area (Å²) in [6, 6.07) is 13.5. The number of nitro benzene ring substituents is 1. The van der Waals surface area contributed by atoms with Gasteiger partial charge >= 0.3 is 6.18 Å². The fraction of sp³-hybridized carbons (Fsp3) is 0.0952. The third kappa shape index (κ3) is 5.81. The van der Waals surface area contributed by atoms with E-state index in [2.05, 4.69) is 15.2 Å². The molecule has 0 atom stereocenters. The molecule has 3 aromatic rings. The first-order chi connectivity index (χ1) is 16.0. The zero-order valence-corrected chi connectivity index (χ0v) is 18.2. The van der Waals surface area contributed by atoms with Crippen LogP contribution in [0.1, 0.15) is 11.1 Å². The molecule has 2 N–H and O–H groups in total. The Morgan fingerprint density at radius 1 is 1.03 bits per heavy atom. The Balaban J connectivity index is 1.94. The van der Waals surface area contributed by atoms with Crippen molar-refractivity contribution >= 4 is 33.3 Å². The standard InChI is InChI=1S/C21H17F3N4O5S/c1-33-19-8-3-2-7-17(19)27-34(31,32)20-12-16(28(29)30)9-10-18(20)26-25-13-14-5-4-6-15(11-14)21(22,23)24/h2-13,26-27H,1H3. The maximum atomic E-state index is 13.0. The molecule has 9 nitrogen and oxygen atoms in total. The number of hydrazone groups is 1. The number of nitrogens with one attached hydrogen (secondary N) is 2. The Labute approximate surface area is 192 Å². The van der Waals surface area contributed by atoms with Crippen LogP contribution in [-0.2, 0) is 16.2 Å². The minimum absolute atomic E-state index is 0.0925. The molecule has 13 heteroatoms. The van der Waals surface area contributed by atoms with Gasteiger partial charge in [0.25, 0.3) is 15.7 Å². The van der Waals surface area contributed by atoms with E-state index in [4.69, 9.17) is 4.74 Å². The number of benzene rings is 3. The number of para-hydroxylation sites is 2. The van der Waals surface area contributed by atoms with Crippen LogP contribution >= 0.6 is 0 Å². The van der Waals surface area contributed by atoms with Gasteiger partial charge in [0.05, 0.1) is 35.2 Å². The quantitative estimate of drug-likeness (QED) is 0.262. The second kappa shape index (κ2) is 9.79. The second-order valence-electron chi connectivity index (χ2n) is 6.74. The molecule has 3 rings (SSSR count). The number of sulfonamides is 1. The average molecular weight is 494 g/mol. The maximum Gasteiger partial charge on any atom is 0.416 e. The first-order valence-corrected chi connectivity index (χ1v) is 10.9.